The zero-order valence-electron chi connectivity index (χ0n) is 19.3. The minimum atomic E-state index is -0.961. The smallest absolute Gasteiger partial charge is 0.333 e. The molecule has 2 amide bonds. The molecule has 0 radical (unpaired) electrons. The van der Waals surface area contributed by atoms with Crippen molar-refractivity contribution in [2.45, 2.75) is 58.5 Å². The van der Waals surface area contributed by atoms with Crippen molar-refractivity contribution in [3.63, 3.8) is 0 Å². The summed E-state index contributed by atoms with van der Waals surface area (Å²) >= 11 is 0. The van der Waals surface area contributed by atoms with Gasteiger partial charge in [-0.05, 0) is 42.2 Å². The van der Waals surface area contributed by atoms with Gasteiger partial charge in [0, 0.05) is 32.8 Å². The van der Waals surface area contributed by atoms with E-state index < -0.39 is 12.1 Å². The molecule has 0 fully saturated rings. The Morgan fingerprint density at radius 1 is 1.06 bits per heavy atom. The molecule has 2 N–H and O–H groups in total. The summed E-state index contributed by atoms with van der Waals surface area (Å²) in [4.78, 5) is 29.6. The first-order valence-electron chi connectivity index (χ1n) is 11.4. The number of anilines is 1. The molecule has 0 aliphatic heterocycles. The quantitative estimate of drug-likeness (QED) is 0.432. The van der Waals surface area contributed by atoms with Gasteiger partial charge in [0.05, 0.1) is 0 Å². The van der Waals surface area contributed by atoms with Gasteiger partial charge < -0.3 is 15.2 Å². The lowest BCUT2D eigenvalue weighted by Gasteiger charge is -2.18. The van der Waals surface area contributed by atoms with Crippen molar-refractivity contribution in [3.8, 4) is 11.1 Å². The number of hydrogen-bond donors (Lipinski definition) is 2. The van der Waals surface area contributed by atoms with Crippen molar-refractivity contribution >= 4 is 17.8 Å². The van der Waals surface area contributed by atoms with Crippen molar-refractivity contribution in [2.75, 3.05) is 25.1 Å². The second-order valence-corrected chi connectivity index (χ2v) is 7.79. The van der Waals surface area contributed by atoms with Crippen LogP contribution < -0.4 is 10.2 Å². The Labute approximate surface area is 190 Å². The summed E-state index contributed by atoms with van der Waals surface area (Å²) in [6.07, 6.45) is 6.89. The largest absolute Gasteiger partial charge is 0.479 e. The van der Waals surface area contributed by atoms with Gasteiger partial charge in [-0.15, -0.1) is 0 Å². The highest BCUT2D eigenvalue weighted by molar-refractivity contribution is 5.91. The van der Waals surface area contributed by atoms with Crippen LogP contribution >= 0.6 is 0 Å². The van der Waals surface area contributed by atoms with Gasteiger partial charge in [-0.1, -0.05) is 56.9 Å². The third-order valence-electron chi connectivity index (χ3n) is 5.30. The second-order valence-electron chi connectivity index (χ2n) is 7.79. The maximum absolute atomic E-state index is 12.5. The maximum Gasteiger partial charge on any atom is 0.333 e. The van der Waals surface area contributed by atoms with Crippen LogP contribution in [0.15, 0.2) is 42.6 Å². The molecule has 7 nitrogen and oxygen atoms in total. The Balaban J connectivity index is 1.98. The molecular weight excluding hydrogens is 406 g/mol. The van der Waals surface area contributed by atoms with Gasteiger partial charge in [-0.2, -0.15) is 0 Å². The number of ether oxygens (including phenoxy) is 1. The molecule has 0 aliphatic carbocycles. The minimum Gasteiger partial charge on any atom is -0.479 e. The van der Waals surface area contributed by atoms with E-state index in [9.17, 15) is 14.7 Å². The van der Waals surface area contributed by atoms with E-state index >= 15 is 0 Å². The van der Waals surface area contributed by atoms with Crippen LogP contribution in [-0.2, 0) is 16.0 Å². The summed E-state index contributed by atoms with van der Waals surface area (Å²) in [7, 11) is 1.71. The molecule has 0 saturated heterocycles. The van der Waals surface area contributed by atoms with Crippen molar-refractivity contribution < 1.29 is 19.4 Å². The molecule has 0 aliphatic rings. The van der Waals surface area contributed by atoms with E-state index in [-0.39, 0.29) is 6.03 Å². The lowest BCUT2D eigenvalue weighted by molar-refractivity contribution is -0.149. The van der Waals surface area contributed by atoms with Gasteiger partial charge in [0.2, 0.25) is 0 Å². The van der Waals surface area contributed by atoms with Crippen molar-refractivity contribution in [1.82, 2.24) is 10.3 Å². The van der Waals surface area contributed by atoms with Gasteiger partial charge in [-0.3, -0.25) is 4.90 Å². The number of benzene rings is 1. The number of carbonyl (C=O) groups is 2. The Morgan fingerprint density at radius 2 is 1.78 bits per heavy atom. The van der Waals surface area contributed by atoms with Crippen LogP contribution in [0.5, 0.6) is 0 Å². The van der Waals surface area contributed by atoms with Gasteiger partial charge >= 0.3 is 12.0 Å². The zero-order valence-corrected chi connectivity index (χ0v) is 19.3. The van der Waals surface area contributed by atoms with Crippen LogP contribution in [-0.4, -0.2) is 48.4 Å². The fraction of sp³-hybridized carbons (Fsp3) is 0.480. The predicted octanol–water partition coefficient (Wildman–Crippen LogP) is 4.90. The molecule has 2 rings (SSSR count). The summed E-state index contributed by atoms with van der Waals surface area (Å²) in [5.74, 6) is -0.394. The molecule has 0 saturated carbocycles. The molecular formula is C25H35N3O4. The first-order chi connectivity index (χ1) is 15.5. The average molecular weight is 442 g/mol. The third kappa shape index (κ3) is 7.96. The number of hydrogen-bond acceptors (Lipinski definition) is 4. The topological polar surface area (TPSA) is 91.8 Å². The number of urea groups is 1. The molecule has 1 atom stereocenters. The van der Waals surface area contributed by atoms with E-state index in [1.165, 1.54) is 24.2 Å². The van der Waals surface area contributed by atoms with Crippen molar-refractivity contribution in [1.29, 1.82) is 0 Å². The third-order valence-corrected chi connectivity index (χ3v) is 5.30. The monoisotopic (exact) mass is 441 g/mol. The highest BCUT2D eigenvalue weighted by atomic mass is 16.5. The zero-order chi connectivity index (χ0) is 23.3. The van der Waals surface area contributed by atoms with E-state index in [1.807, 2.05) is 36.4 Å². The standard InChI is InChI=1S/C25H35N3O4/c1-4-6-7-8-9-15-27-25(31)28(3)23-18-21(14-16-26-23)20-12-10-19(11-13-20)17-22(24(29)30)32-5-2/h10-14,16,18,22H,4-9,15,17H2,1-3H3,(H,27,31)(H,29,30)/t22-/m0/s1. The number of carboxylic acids is 1. The van der Waals surface area contributed by atoms with E-state index in [2.05, 4.69) is 17.2 Å². The van der Waals surface area contributed by atoms with Crippen LogP contribution in [0.25, 0.3) is 11.1 Å². The summed E-state index contributed by atoms with van der Waals surface area (Å²) in [5.41, 5.74) is 2.78. The van der Waals surface area contributed by atoms with Gasteiger partial charge in [0.15, 0.2) is 6.10 Å². The maximum atomic E-state index is 12.5. The highest BCUT2D eigenvalue weighted by Crippen LogP contribution is 2.23. The first-order valence-corrected chi connectivity index (χ1v) is 11.4. The summed E-state index contributed by atoms with van der Waals surface area (Å²) in [6, 6.07) is 11.3. The normalized spacial score (nSPS) is 11.7. The molecule has 7 heteroatoms. The van der Waals surface area contributed by atoms with Crippen LogP contribution in [0, 0.1) is 0 Å². The number of nitrogens with zero attached hydrogens (tertiary/aromatic N) is 2. The van der Waals surface area contributed by atoms with Crippen LogP contribution in [0.3, 0.4) is 0 Å². The fourth-order valence-electron chi connectivity index (χ4n) is 3.39. The number of pyridine rings is 1. The number of nitrogens with one attached hydrogen (secondary N) is 1. The second kappa shape index (κ2) is 13.5. The molecule has 0 unspecified atom stereocenters. The first kappa shape index (κ1) is 25.3. The molecule has 0 spiro atoms. The Kier molecular flexibility index (Phi) is 10.7. The number of rotatable bonds is 13. The number of aliphatic carboxylic acids is 1. The van der Waals surface area contributed by atoms with Gasteiger partial charge in [0.1, 0.15) is 5.82 Å². The Bertz CT molecular complexity index is 855. The molecule has 2 aromatic rings. The number of aromatic nitrogens is 1. The Morgan fingerprint density at radius 3 is 2.44 bits per heavy atom. The molecule has 1 aromatic carbocycles. The van der Waals surface area contributed by atoms with Gasteiger partial charge in [-0.25, -0.2) is 14.6 Å². The van der Waals surface area contributed by atoms with Crippen LogP contribution in [0.1, 0.15) is 51.5 Å². The lowest BCUT2D eigenvalue weighted by atomic mass is 10.0. The highest BCUT2D eigenvalue weighted by Gasteiger charge is 2.18. The van der Waals surface area contributed by atoms with E-state index in [0.717, 1.165) is 29.5 Å². The number of carboxylic acid groups (broad SMARTS) is 1. The SMILES string of the molecule is CCCCCCCNC(=O)N(C)c1cc(-c2ccc(C[C@H](OCC)C(=O)O)cc2)ccn1. The van der Waals surface area contributed by atoms with E-state index in [0.29, 0.717) is 25.4 Å². The average Bonchev–Trinajstić information content (AvgIpc) is 2.81. The predicted molar refractivity (Wildman–Crippen MR) is 127 cm³/mol. The molecule has 174 valence electrons. The van der Waals surface area contributed by atoms with E-state index in [4.69, 9.17) is 4.74 Å². The van der Waals surface area contributed by atoms with Crippen molar-refractivity contribution in [3.05, 3.63) is 48.2 Å². The molecule has 1 aromatic heterocycles. The number of carbonyl (C=O) groups excluding carboxylic acids is 1. The summed E-state index contributed by atoms with van der Waals surface area (Å²) < 4.78 is 5.29. The molecule has 1 heterocycles. The fourth-order valence-corrected chi connectivity index (χ4v) is 3.39. The van der Waals surface area contributed by atoms with Crippen LogP contribution in [0.2, 0.25) is 0 Å². The summed E-state index contributed by atoms with van der Waals surface area (Å²) in [5, 5.41) is 12.2. The minimum absolute atomic E-state index is 0.170. The molecule has 32 heavy (non-hydrogen) atoms. The Hall–Kier alpha value is -2.93. The summed E-state index contributed by atoms with van der Waals surface area (Å²) in [6.45, 7) is 4.98. The molecule has 0 bridgehead atoms. The van der Waals surface area contributed by atoms with Gasteiger partial charge in [0.25, 0.3) is 0 Å². The number of unbranched alkanes of at least 4 members (excludes halogenated alkanes) is 4. The van der Waals surface area contributed by atoms with E-state index in [1.54, 1.807) is 20.2 Å². The lowest BCUT2D eigenvalue weighted by Crippen LogP contribution is -2.38. The number of amides is 2. The van der Waals surface area contributed by atoms with Crippen LogP contribution in [0.4, 0.5) is 10.6 Å². The van der Waals surface area contributed by atoms with Crippen molar-refractivity contribution in [2.24, 2.45) is 0 Å².